The number of hydrogen-bond acceptors (Lipinski definition) is 5. The summed E-state index contributed by atoms with van der Waals surface area (Å²) in [6.07, 6.45) is 10.5. The molecule has 3 N–H and O–H groups in total. The fourth-order valence-electron chi connectivity index (χ4n) is 1.89. The van der Waals surface area contributed by atoms with Gasteiger partial charge in [-0.1, -0.05) is 12.2 Å². The molecule has 1 aromatic heterocycles. The average Bonchev–Trinajstić information content (AvgIpc) is 2.91. The van der Waals surface area contributed by atoms with Crippen molar-refractivity contribution >= 4 is 30.2 Å². The number of furan rings is 1. The Hall–Kier alpha value is -2.50. The van der Waals surface area contributed by atoms with Crippen molar-refractivity contribution in [3.8, 4) is 0 Å². The molecule has 0 aliphatic heterocycles. The molecule has 6 heteroatoms. The quantitative estimate of drug-likeness (QED) is 0.593. The van der Waals surface area contributed by atoms with Gasteiger partial charge in [-0.3, -0.25) is 4.79 Å². The third kappa shape index (κ3) is 5.12. The van der Waals surface area contributed by atoms with Crippen LogP contribution in [0.2, 0.25) is 0 Å². The van der Waals surface area contributed by atoms with E-state index in [0.29, 0.717) is 17.5 Å². The number of rotatable bonds is 8. The molecular formula is C16H23N3O3. The van der Waals surface area contributed by atoms with Crippen LogP contribution in [0, 0.1) is 0 Å². The van der Waals surface area contributed by atoms with Gasteiger partial charge in [0.05, 0.1) is 16.9 Å². The van der Waals surface area contributed by atoms with Crippen LogP contribution in [0.25, 0.3) is 12.3 Å². The first kappa shape index (κ1) is 17.6. The second-order valence-electron chi connectivity index (χ2n) is 4.65. The van der Waals surface area contributed by atoms with Gasteiger partial charge in [0.1, 0.15) is 18.0 Å². The van der Waals surface area contributed by atoms with Gasteiger partial charge in [-0.25, -0.2) is 0 Å². The zero-order valence-corrected chi connectivity index (χ0v) is 13.2. The molecule has 1 unspecified atom stereocenters. The summed E-state index contributed by atoms with van der Waals surface area (Å²) in [6, 6.07) is -0.450. The normalized spacial score (nSPS) is 14.1. The topological polar surface area (TPSA) is 83.4 Å². The number of anilines is 1. The van der Waals surface area contributed by atoms with Gasteiger partial charge < -0.3 is 25.2 Å². The minimum absolute atomic E-state index is 0.0926. The van der Waals surface area contributed by atoms with E-state index in [9.17, 15) is 9.59 Å². The van der Waals surface area contributed by atoms with Crippen molar-refractivity contribution in [2.75, 3.05) is 19.4 Å². The molecule has 1 aromatic rings. The van der Waals surface area contributed by atoms with Crippen molar-refractivity contribution < 1.29 is 14.0 Å². The highest BCUT2D eigenvalue weighted by Gasteiger charge is 2.11. The molecule has 0 aliphatic rings. The zero-order chi connectivity index (χ0) is 16.4. The Morgan fingerprint density at radius 1 is 1.41 bits per heavy atom. The van der Waals surface area contributed by atoms with Gasteiger partial charge in [0.15, 0.2) is 0 Å². The van der Waals surface area contributed by atoms with Gasteiger partial charge >= 0.3 is 0 Å². The van der Waals surface area contributed by atoms with E-state index in [1.807, 2.05) is 25.2 Å². The number of amides is 1. The molecule has 0 saturated heterocycles. The third-order valence-corrected chi connectivity index (χ3v) is 3.05. The van der Waals surface area contributed by atoms with Gasteiger partial charge in [0.2, 0.25) is 5.91 Å². The Kier molecular flexibility index (Phi) is 7.53. The van der Waals surface area contributed by atoms with Crippen molar-refractivity contribution in [2.45, 2.75) is 25.8 Å². The second-order valence-corrected chi connectivity index (χ2v) is 4.65. The summed E-state index contributed by atoms with van der Waals surface area (Å²) in [6.45, 7) is 1.92. The molecule has 6 nitrogen and oxygen atoms in total. The predicted molar refractivity (Wildman–Crippen MR) is 87.5 cm³/mol. The van der Waals surface area contributed by atoms with Gasteiger partial charge in [0, 0.05) is 26.7 Å². The van der Waals surface area contributed by atoms with E-state index in [4.69, 9.17) is 4.42 Å². The molecule has 0 spiro atoms. The SMILES string of the molecule is C\C=C/C=c1/occ(NC(C=O)CCC(=O)NC)/c1=C/NC. The van der Waals surface area contributed by atoms with Gasteiger partial charge in [-0.05, 0) is 19.4 Å². The van der Waals surface area contributed by atoms with Crippen molar-refractivity contribution in [3.05, 3.63) is 29.0 Å². The van der Waals surface area contributed by atoms with E-state index in [2.05, 4.69) is 16.0 Å². The summed E-state index contributed by atoms with van der Waals surface area (Å²) in [5.41, 5.74) is 1.39. The molecule has 22 heavy (non-hydrogen) atoms. The average molecular weight is 305 g/mol. The highest BCUT2D eigenvalue weighted by atomic mass is 16.3. The first-order chi connectivity index (χ1) is 10.7. The Balaban J connectivity index is 2.96. The molecule has 0 bridgehead atoms. The van der Waals surface area contributed by atoms with E-state index in [1.165, 1.54) is 0 Å². The number of nitrogens with one attached hydrogen (secondary N) is 3. The Morgan fingerprint density at radius 2 is 2.18 bits per heavy atom. The van der Waals surface area contributed by atoms with Crippen LogP contribution >= 0.6 is 0 Å². The first-order valence-electron chi connectivity index (χ1n) is 7.16. The summed E-state index contributed by atoms with van der Waals surface area (Å²) < 4.78 is 5.51. The van der Waals surface area contributed by atoms with Crippen molar-refractivity contribution in [1.29, 1.82) is 0 Å². The first-order valence-corrected chi connectivity index (χ1v) is 7.16. The third-order valence-electron chi connectivity index (χ3n) is 3.05. The van der Waals surface area contributed by atoms with Crippen LogP contribution in [0.5, 0.6) is 0 Å². The lowest BCUT2D eigenvalue weighted by Gasteiger charge is -2.11. The van der Waals surface area contributed by atoms with Crippen LogP contribution in [0.3, 0.4) is 0 Å². The van der Waals surface area contributed by atoms with Gasteiger partial charge in [-0.2, -0.15) is 0 Å². The van der Waals surface area contributed by atoms with Crippen LogP contribution in [0.1, 0.15) is 19.8 Å². The molecular weight excluding hydrogens is 282 g/mol. The summed E-state index contributed by atoms with van der Waals surface area (Å²) in [5, 5.41) is 9.42. The molecule has 1 atom stereocenters. The number of allylic oxidation sites excluding steroid dienone is 2. The van der Waals surface area contributed by atoms with Crippen LogP contribution in [0.4, 0.5) is 5.69 Å². The summed E-state index contributed by atoms with van der Waals surface area (Å²) in [7, 11) is 3.37. The van der Waals surface area contributed by atoms with Crippen molar-refractivity contribution in [2.24, 2.45) is 0 Å². The lowest BCUT2D eigenvalue weighted by atomic mass is 10.1. The van der Waals surface area contributed by atoms with Crippen LogP contribution < -0.4 is 26.6 Å². The minimum Gasteiger partial charge on any atom is -0.462 e. The largest absolute Gasteiger partial charge is 0.462 e. The molecule has 0 fully saturated rings. The fraction of sp³-hybridized carbons (Fsp3) is 0.375. The van der Waals surface area contributed by atoms with Gasteiger partial charge in [-0.15, -0.1) is 0 Å². The van der Waals surface area contributed by atoms with E-state index >= 15 is 0 Å². The highest BCUT2D eigenvalue weighted by molar-refractivity contribution is 5.76. The minimum atomic E-state index is -0.450. The maximum absolute atomic E-state index is 11.3. The molecule has 1 heterocycles. The predicted octanol–water partition coefficient (Wildman–Crippen LogP) is 0.0992. The van der Waals surface area contributed by atoms with Crippen LogP contribution in [0.15, 0.2) is 22.8 Å². The molecule has 120 valence electrons. The maximum atomic E-state index is 11.3. The molecule has 1 amide bonds. The molecule has 0 radical (unpaired) electrons. The van der Waals surface area contributed by atoms with Crippen LogP contribution in [-0.2, 0) is 9.59 Å². The smallest absolute Gasteiger partial charge is 0.219 e. The highest BCUT2D eigenvalue weighted by Crippen LogP contribution is 2.04. The number of aldehydes is 1. The van der Waals surface area contributed by atoms with Crippen molar-refractivity contribution in [1.82, 2.24) is 10.6 Å². The molecule has 0 aliphatic carbocycles. The molecule has 1 rings (SSSR count). The fourth-order valence-corrected chi connectivity index (χ4v) is 1.89. The standard InChI is InChI=1S/C16H23N3O3/c1-4-5-6-15-13(9-17-2)14(11-22-15)19-12(10-20)7-8-16(21)18-3/h4-6,9-12,17,19H,7-8H2,1-3H3,(H,18,21)/b5-4-,13-9-,15-6+. The van der Waals surface area contributed by atoms with Gasteiger partial charge in [0.25, 0.3) is 0 Å². The number of carbonyl (C=O) groups excluding carboxylic acids is 2. The van der Waals surface area contributed by atoms with Crippen molar-refractivity contribution in [3.63, 3.8) is 0 Å². The summed E-state index contributed by atoms with van der Waals surface area (Å²) >= 11 is 0. The van der Waals surface area contributed by atoms with E-state index in [-0.39, 0.29) is 12.3 Å². The molecule has 0 saturated carbocycles. The Labute approximate surface area is 130 Å². The summed E-state index contributed by atoms with van der Waals surface area (Å²) in [5.74, 6) is -0.0926. The summed E-state index contributed by atoms with van der Waals surface area (Å²) in [4.78, 5) is 22.5. The second kappa shape index (κ2) is 9.44. The number of hydrogen-bond donors (Lipinski definition) is 3. The lowest BCUT2D eigenvalue weighted by molar-refractivity contribution is -0.120. The van der Waals surface area contributed by atoms with E-state index in [1.54, 1.807) is 26.6 Å². The van der Waals surface area contributed by atoms with Crippen LogP contribution in [-0.4, -0.2) is 32.3 Å². The Bertz CT molecular complexity index is 632. The lowest BCUT2D eigenvalue weighted by Crippen LogP contribution is -2.30. The monoisotopic (exact) mass is 305 g/mol. The number of carbonyl (C=O) groups is 2. The maximum Gasteiger partial charge on any atom is 0.219 e. The van der Waals surface area contributed by atoms with E-state index in [0.717, 1.165) is 11.5 Å². The Morgan fingerprint density at radius 3 is 2.77 bits per heavy atom. The van der Waals surface area contributed by atoms with E-state index < -0.39 is 6.04 Å². The molecule has 0 aromatic carbocycles. The zero-order valence-electron chi connectivity index (χ0n) is 13.2.